The fraction of sp³-hybridized carbons (Fsp3) is 0.280. The number of benzene rings is 2. The molecule has 0 aliphatic rings. The van der Waals surface area contributed by atoms with Crippen molar-refractivity contribution in [2.75, 3.05) is 0 Å². The zero-order chi connectivity index (χ0) is 30.2. The molecule has 0 bridgehead atoms. The maximum absolute atomic E-state index is 13.4. The Morgan fingerprint density at radius 3 is 2.27 bits per heavy atom. The molecular weight excluding hydrogens is 633 g/mol. The van der Waals surface area contributed by atoms with Crippen LogP contribution in [0, 0.1) is 0 Å². The number of hydrogen-bond donors (Lipinski definition) is 1. The molecule has 0 saturated heterocycles. The van der Waals surface area contributed by atoms with Crippen LogP contribution in [0.5, 0.6) is 0 Å². The van der Waals surface area contributed by atoms with Gasteiger partial charge in [0, 0.05) is 22.5 Å². The van der Waals surface area contributed by atoms with Crippen LogP contribution in [0.4, 0.5) is 13.2 Å². The van der Waals surface area contributed by atoms with E-state index in [0.717, 1.165) is 9.13 Å². The largest absolute Gasteiger partial charge is 0.455 e. The number of carbonyl (C=O) groups is 1. The molecule has 2 atom stereocenters. The van der Waals surface area contributed by atoms with Gasteiger partial charge in [-0.2, -0.15) is 13.2 Å². The molecular formula is C25H20Cl4F3N5O4. The van der Waals surface area contributed by atoms with Crippen LogP contribution in [-0.2, 0) is 22.6 Å². The Bertz CT molecular complexity index is 1650. The van der Waals surface area contributed by atoms with Crippen LogP contribution in [0.2, 0.25) is 20.2 Å². The minimum absolute atomic E-state index is 0.00908. The first kappa shape index (κ1) is 30.9. The fourth-order valence-corrected chi connectivity index (χ4v) is 4.96. The van der Waals surface area contributed by atoms with Gasteiger partial charge in [0.15, 0.2) is 23.9 Å². The molecule has 4 aromatic rings. The maximum atomic E-state index is 13.4. The molecule has 0 aliphatic heterocycles. The second-order valence-corrected chi connectivity index (χ2v) is 10.5. The number of nitrogens with zero attached hydrogens (tertiary/aromatic N) is 5. The Morgan fingerprint density at radius 2 is 1.68 bits per heavy atom. The van der Waals surface area contributed by atoms with Crippen molar-refractivity contribution in [1.82, 2.24) is 23.9 Å². The molecule has 2 heterocycles. The van der Waals surface area contributed by atoms with E-state index in [1.807, 2.05) is 0 Å². The molecule has 9 nitrogen and oxygen atoms in total. The predicted molar refractivity (Wildman–Crippen MR) is 147 cm³/mol. The van der Waals surface area contributed by atoms with Gasteiger partial charge in [0.05, 0.1) is 29.5 Å². The molecule has 0 saturated carbocycles. The van der Waals surface area contributed by atoms with Gasteiger partial charge in [-0.25, -0.2) is 14.5 Å². The monoisotopic (exact) mass is 651 g/mol. The van der Waals surface area contributed by atoms with E-state index in [9.17, 15) is 27.9 Å². The van der Waals surface area contributed by atoms with Crippen molar-refractivity contribution in [3.63, 3.8) is 0 Å². The van der Waals surface area contributed by atoms with Gasteiger partial charge >= 0.3 is 17.8 Å². The molecule has 4 rings (SSSR count). The average molecular weight is 653 g/mol. The van der Waals surface area contributed by atoms with Crippen molar-refractivity contribution in [2.45, 2.75) is 45.3 Å². The lowest BCUT2D eigenvalue weighted by atomic mass is 10.1. The molecule has 2 aromatic carbocycles. The Hall–Kier alpha value is -3.03. The highest BCUT2D eigenvalue weighted by Crippen LogP contribution is 2.32. The van der Waals surface area contributed by atoms with Crippen molar-refractivity contribution in [1.29, 1.82) is 0 Å². The number of aliphatic hydroxyl groups excluding tert-OH is 1. The van der Waals surface area contributed by atoms with Crippen molar-refractivity contribution < 1.29 is 27.8 Å². The lowest BCUT2D eigenvalue weighted by molar-refractivity contribution is -0.207. The standard InChI is InChI=1S/C25H20Cl4F3N5O4/c1-12(41-13(2)38)23-33-20(34-37(23)18-8-7-16(27)9-17(18)28)11-36-22(29)21(14-3-5-15(26)6-4-14)35(24(36)40)10-19(39)25(30,31)32/h3-9,12,19,39H,10-11H2,1-2H3/t12-,19-/m0/s1. The molecule has 0 radical (unpaired) electrons. The summed E-state index contributed by atoms with van der Waals surface area (Å²) in [5, 5.41) is 14.8. The number of rotatable bonds is 8. The molecule has 2 aromatic heterocycles. The summed E-state index contributed by atoms with van der Waals surface area (Å²) in [6, 6.07) is 10.5. The minimum Gasteiger partial charge on any atom is -0.455 e. The summed E-state index contributed by atoms with van der Waals surface area (Å²) < 4.78 is 48.0. The van der Waals surface area contributed by atoms with Gasteiger partial charge in [0.2, 0.25) is 0 Å². The predicted octanol–water partition coefficient (Wildman–Crippen LogP) is 6.11. The second kappa shape index (κ2) is 12.1. The molecule has 0 spiro atoms. The normalized spacial score (nSPS) is 13.3. The lowest BCUT2D eigenvalue weighted by Crippen LogP contribution is -2.37. The highest BCUT2D eigenvalue weighted by atomic mass is 35.5. The first-order valence-corrected chi connectivity index (χ1v) is 13.3. The summed E-state index contributed by atoms with van der Waals surface area (Å²) in [6.45, 7) is 1.24. The number of imidazole rings is 1. The van der Waals surface area contributed by atoms with E-state index in [-0.39, 0.29) is 33.1 Å². The molecule has 0 fully saturated rings. The van der Waals surface area contributed by atoms with Gasteiger partial charge < -0.3 is 9.84 Å². The first-order chi connectivity index (χ1) is 19.2. The Labute approximate surface area is 250 Å². The molecule has 41 heavy (non-hydrogen) atoms. The number of carbonyl (C=O) groups excluding carboxylic acids is 1. The Kier molecular flexibility index (Phi) is 9.10. The third-order valence-electron chi connectivity index (χ3n) is 5.83. The number of alkyl halides is 3. The summed E-state index contributed by atoms with van der Waals surface area (Å²) >= 11 is 24.9. The van der Waals surface area contributed by atoms with E-state index in [0.29, 0.717) is 15.7 Å². The van der Waals surface area contributed by atoms with Crippen LogP contribution in [0.15, 0.2) is 47.3 Å². The van der Waals surface area contributed by atoms with E-state index in [1.165, 1.54) is 41.9 Å². The fourth-order valence-electron chi connectivity index (χ4n) is 4.00. The number of aromatic nitrogens is 5. The van der Waals surface area contributed by atoms with Gasteiger partial charge in [0.1, 0.15) is 5.15 Å². The van der Waals surface area contributed by atoms with Crippen molar-refractivity contribution in [3.8, 4) is 16.9 Å². The SMILES string of the molecule is CC(=O)O[C@@H](C)c1nc(Cn2c(Cl)c(-c3ccc(Cl)cc3)n(C[C@H](O)C(F)(F)F)c2=O)nn1-c1ccc(Cl)cc1Cl. The van der Waals surface area contributed by atoms with Crippen molar-refractivity contribution in [2.24, 2.45) is 0 Å². The van der Waals surface area contributed by atoms with Crippen LogP contribution in [0.3, 0.4) is 0 Å². The van der Waals surface area contributed by atoms with Crippen LogP contribution in [0.1, 0.15) is 31.6 Å². The second-order valence-electron chi connectivity index (χ2n) is 8.83. The summed E-state index contributed by atoms with van der Waals surface area (Å²) in [4.78, 5) is 29.5. The van der Waals surface area contributed by atoms with Crippen LogP contribution in [0.25, 0.3) is 16.9 Å². The number of ether oxygens (including phenoxy) is 1. The maximum Gasteiger partial charge on any atom is 0.416 e. The molecule has 0 aliphatic carbocycles. The molecule has 0 amide bonds. The lowest BCUT2D eigenvalue weighted by Gasteiger charge is -2.16. The van der Waals surface area contributed by atoms with Crippen molar-refractivity contribution >= 4 is 52.4 Å². The highest BCUT2D eigenvalue weighted by molar-refractivity contribution is 6.35. The summed E-state index contributed by atoms with van der Waals surface area (Å²) in [5.41, 5.74) is -0.431. The summed E-state index contributed by atoms with van der Waals surface area (Å²) in [5.74, 6) is -0.471. The van der Waals surface area contributed by atoms with Crippen LogP contribution in [-0.4, -0.2) is 47.3 Å². The minimum atomic E-state index is -4.99. The van der Waals surface area contributed by atoms with Gasteiger partial charge in [0.25, 0.3) is 0 Å². The quantitative estimate of drug-likeness (QED) is 0.231. The van der Waals surface area contributed by atoms with E-state index in [1.54, 1.807) is 19.1 Å². The third kappa shape index (κ3) is 6.73. The van der Waals surface area contributed by atoms with Gasteiger partial charge in [-0.15, -0.1) is 5.10 Å². The topological polar surface area (TPSA) is 104 Å². The third-order valence-corrected chi connectivity index (χ3v) is 7.01. The van der Waals surface area contributed by atoms with E-state index < -0.39 is 43.1 Å². The molecule has 0 unspecified atom stereocenters. The van der Waals surface area contributed by atoms with Crippen LogP contribution >= 0.6 is 46.4 Å². The number of aliphatic hydroxyl groups is 1. The highest BCUT2D eigenvalue weighted by Gasteiger charge is 2.39. The van der Waals surface area contributed by atoms with Gasteiger partial charge in [-0.05, 0) is 37.3 Å². The van der Waals surface area contributed by atoms with Crippen LogP contribution < -0.4 is 5.69 Å². The Balaban J connectivity index is 1.85. The molecule has 218 valence electrons. The van der Waals surface area contributed by atoms with Crippen molar-refractivity contribution in [3.05, 3.63) is 84.8 Å². The Morgan fingerprint density at radius 1 is 1.05 bits per heavy atom. The summed E-state index contributed by atoms with van der Waals surface area (Å²) in [6.07, 6.45) is -8.76. The average Bonchev–Trinajstić information content (AvgIpc) is 3.39. The van der Waals surface area contributed by atoms with Gasteiger partial charge in [-0.3, -0.25) is 13.9 Å². The number of hydrogen-bond acceptors (Lipinski definition) is 6. The zero-order valence-electron chi connectivity index (χ0n) is 21.2. The molecule has 1 N–H and O–H groups in total. The zero-order valence-corrected chi connectivity index (χ0v) is 24.2. The van der Waals surface area contributed by atoms with E-state index in [2.05, 4.69) is 10.1 Å². The van der Waals surface area contributed by atoms with E-state index in [4.69, 9.17) is 51.1 Å². The first-order valence-electron chi connectivity index (χ1n) is 11.7. The van der Waals surface area contributed by atoms with E-state index >= 15 is 0 Å². The smallest absolute Gasteiger partial charge is 0.416 e. The molecule has 16 heteroatoms. The number of halogens is 7. The number of esters is 1. The summed E-state index contributed by atoms with van der Waals surface area (Å²) in [7, 11) is 0. The van der Waals surface area contributed by atoms with Gasteiger partial charge in [-0.1, -0.05) is 58.5 Å².